The molecule has 2 amide bonds. The zero-order chi connectivity index (χ0) is 15.2. The van der Waals surface area contributed by atoms with Gasteiger partial charge in [-0.3, -0.25) is 0 Å². The Bertz CT molecular complexity index is 532. The van der Waals surface area contributed by atoms with Gasteiger partial charge in [0.15, 0.2) is 0 Å². The third-order valence-corrected chi connectivity index (χ3v) is 3.04. The second-order valence-corrected chi connectivity index (χ2v) is 4.89. The predicted molar refractivity (Wildman–Crippen MR) is 73.9 cm³/mol. The number of urea groups is 1. The summed E-state index contributed by atoms with van der Waals surface area (Å²) in [5, 5.41) is 13.8. The van der Waals surface area contributed by atoms with Gasteiger partial charge in [0.1, 0.15) is 5.82 Å². The van der Waals surface area contributed by atoms with Crippen molar-refractivity contribution < 1.29 is 23.8 Å². The largest absolute Gasteiger partial charge is 0.478 e. The molecule has 1 saturated carbocycles. The fraction of sp³-hybridized carbons (Fsp3) is 0.429. The lowest BCUT2D eigenvalue weighted by molar-refractivity contribution is 0.0698. The molecule has 1 aromatic carbocycles. The van der Waals surface area contributed by atoms with Crippen molar-refractivity contribution in [2.45, 2.75) is 12.8 Å². The van der Waals surface area contributed by atoms with Crippen LogP contribution in [0.15, 0.2) is 18.2 Å². The van der Waals surface area contributed by atoms with Crippen LogP contribution in [0, 0.1) is 11.7 Å². The van der Waals surface area contributed by atoms with E-state index < -0.39 is 17.8 Å². The van der Waals surface area contributed by atoms with Gasteiger partial charge in [-0.1, -0.05) is 0 Å². The van der Waals surface area contributed by atoms with Crippen LogP contribution in [0.2, 0.25) is 0 Å². The Hall–Kier alpha value is -2.15. The number of amides is 2. The highest BCUT2D eigenvalue weighted by Crippen LogP contribution is 2.28. The summed E-state index contributed by atoms with van der Waals surface area (Å²) in [6.07, 6.45) is 2.40. The van der Waals surface area contributed by atoms with Crippen LogP contribution in [-0.2, 0) is 4.74 Å². The van der Waals surface area contributed by atoms with Crippen molar-refractivity contribution in [2.24, 2.45) is 5.92 Å². The SMILES string of the molecule is O=C(NCCOCC1CC1)Nc1cc(F)ccc1C(=O)O. The predicted octanol–water partition coefficient (Wildman–Crippen LogP) is 2.07. The van der Waals surface area contributed by atoms with Gasteiger partial charge < -0.3 is 20.5 Å². The third-order valence-electron chi connectivity index (χ3n) is 3.04. The highest BCUT2D eigenvalue weighted by atomic mass is 19.1. The van der Waals surface area contributed by atoms with E-state index in [1.807, 2.05) is 0 Å². The van der Waals surface area contributed by atoms with E-state index in [1.165, 1.54) is 12.8 Å². The smallest absolute Gasteiger partial charge is 0.337 e. The molecule has 0 aliphatic heterocycles. The van der Waals surface area contributed by atoms with Crippen LogP contribution >= 0.6 is 0 Å². The molecule has 1 fully saturated rings. The van der Waals surface area contributed by atoms with Gasteiger partial charge in [0, 0.05) is 13.2 Å². The Balaban J connectivity index is 1.78. The minimum Gasteiger partial charge on any atom is -0.478 e. The van der Waals surface area contributed by atoms with Crippen LogP contribution in [0.25, 0.3) is 0 Å². The first-order valence-electron chi connectivity index (χ1n) is 6.71. The van der Waals surface area contributed by atoms with E-state index in [2.05, 4.69) is 10.6 Å². The van der Waals surface area contributed by atoms with Crippen LogP contribution in [0.4, 0.5) is 14.9 Å². The van der Waals surface area contributed by atoms with Crippen molar-refractivity contribution >= 4 is 17.7 Å². The highest BCUT2D eigenvalue weighted by molar-refractivity contribution is 5.99. The summed E-state index contributed by atoms with van der Waals surface area (Å²) >= 11 is 0. The Morgan fingerprint density at radius 1 is 1.38 bits per heavy atom. The number of carbonyl (C=O) groups excluding carboxylic acids is 1. The molecule has 1 aliphatic carbocycles. The molecule has 0 atom stereocenters. The molecule has 1 aromatic rings. The number of nitrogens with one attached hydrogen (secondary N) is 2. The van der Waals surface area contributed by atoms with Gasteiger partial charge in [0.25, 0.3) is 0 Å². The molecule has 0 saturated heterocycles. The molecule has 7 heteroatoms. The van der Waals surface area contributed by atoms with E-state index in [9.17, 15) is 14.0 Å². The molecule has 21 heavy (non-hydrogen) atoms. The molecule has 0 unspecified atom stereocenters. The number of carboxylic acid groups (broad SMARTS) is 1. The molecular formula is C14H17FN2O4. The zero-order valence-corrected chi connectivity index (χ0v) is 11.4. The van der Waals surface area contributed by atoms with E-state index in [1.54, 1.807) is 0 Å². The third kappa shape index (κ3) is 5.03. The van der Waals surface area contributed by atoms with Gasteiger partial charge >= 0.3 is 12.0 Å². The van der Waals surface area contributed by atoms with Gasteiger partial charge in [-0.05, 0) is 37.0 Å². The number of hydrogen-bond acceptors (Lipinski definition) is 3. The van der Waals surface area contributed by atoms with Crippen molar-refractivity contribution in [2.75, 3.05) is 25.1 Å². The average Bonchev–Trinajstić information content (AvgIpc) is 3.22. The van der Waals surface area contributed by atoms with E-state index in [0.29, 0.717) is 25.7 Å². The van der Waals surface area contributed by atoms with Crippen molar-refractivity contribution in [3.63, 3.8) is 0 Å². The van der Waals surface area contributed by atoms with Gasteiger partial charge in [-0.2, -0.15) is 0 Å². The fourth-order valence-electron chi connectivity index (χ4n) is 1.74. The number of halogens is 1. The molecule has 0 heterocycles. The average molecular weight is 296 g/mol. The minimum absolute atomic E-state index is 0.0844. The van der Waals surface area contributed by atoms with E-state index in [4.69, 9.17) is 9.84 Å². The monoisotopic (exact) mass is 296 g/mol. The highest BCUT2D eigenvalue weighted by Gasteiger charge is 2.20. The molecular weight excluding hydrogens is 279 g/mol. The number of carbonyl (C=O) groups is 2. The normalized spacial score (nSPS) is 13.8. The number of anilines is 1. The zero-order valence-electron chi connectivity index (χ0n) is 11.4. The Morgan fingerprint density at radius 3 is 2.81 bits per heavy atom. The van der Waals surface area contributed by atoms with E-state index in [-0.39, 0.29) is 11.3 Å². The Labute approximate surface area is 121 Å². The first-order valence-corrected chi connectivity index (χ1v) is 6.71. The lowest BCUT2D eigenvalue weighted by atomic mass is 10.2. The van der Waals surface area contributed by atoms with Crippen molar-refractivity contribution in [1.82, 2.24) is 5.32 Å². The van der Waals surface area contributed by atoms with Gasteiger partial charge in [-0.25, -0.2) is 14.0 Å². The Kier molecular flexibility index (Phi) is 5.10. The van der Waals surface area contributed by atoms with Gasteiger partial charge in [0.05, 0.1) is 17.9 Å². The number of ether oxygens (including phenoxy) is 1. The topological polar surface area (TPSA) is 87.7 Å². The minimum atomic E-state index is -1.24. The molecule has 3 N–H and O–H groups in total. The summed E-state index contributed by atoms with van der Waals surface area (Å²) in [6.45, 7) is 1.39. The molecule has 1 aliphatic rings. The van der Waals surface area contributed by atoms with Crippen molar-refractivity contribution in [3.05, 3.63) is 29.6 Å². The number of aromatic carboxylic acids is 1. The molecule has 0 spiro atoms. The maximum atomic E-state index is 13.1. The standard InChI is InChI=1S/C14H17FN2O4/c15-10-3-4-11(13(18)19)12(7-10)17-14(20)16-5-6-21-8-9-1-2-9/h3-4,7,9H,1-2,5-6,8H2,(H,18,19)(H2,16,17,20). The van der Waals surface area contributed by atoms with Crippen LogP contribution in [0.5, 0.6) is 0 Å². The summed E-state index contributed by atoms with van der Waals surface area (Å²) in [4.78, 5) is 22.6. The van der Waals surface area contributed by atoms with Crippen LogP contribution in [0.3, 0.4) is 0 Å². The summed E-state index contributed by atoms with van der Waals surface area (Å²) in [6, 6.07) is 2.50. The fourth-order valence-corrected chi connectivity index (χ4v) is 1.74. The van der Waals surface area contributed by atoms with Crippen molar-refractivity contribution in [3.8, 4) is 0 Å². The van der Waals surface area contributed by atoms with Crippen LogP contribution in [0.1, 0.15) is 23.2 Å². The molecule has 6 nitrogen and oxygen atoms in total. The van der Waals surface area contributed by atoms with E-state index in [0.717, 1.165) is 18.2 Å². The Morgan fingerprint density at radius 2 is 2.14 bits per heavy atom. The molecule has 0 radical (unpaired) electrons. The van der Waals surface area contributed by atoms with Crippen LogP contribution < -0.4 is 10.6 Å². The number of carboxylic acids is 1. The summed E-state index contributed by atoms with van der Waals surface area (Å²) in [7, 11) is 0. The molecule has 0 aromatic heterocycles. The van der Waals surface area contributed by atoms with Crippen LogP contribution in [-0.4, -0.2) is 36.9 Å². The maximum Gasteiger partial charge on any atom is 0.337 e. The molecule has 2 rings (SSSR count). The quantitative estimate of drug-likeness (QED) is 0.672. The lowest BCUT2D eigenvalue weighted by Gasteiger charge is -2.10. The second-order valence-electron chi connectivity index (χ2n) is 4.89. The summed E-state index contributed by atoms with van der Waals surface area (Å²) in [5.74, 6) is -1.20. The summed E-state index contributed by atoms with van der Waals surface area (Å²) < 4.78 is 18.5. The van der Waals surface area contributed by atoms with E-state index >= 15 is 0 Å². The molecule has 114 valence electrons. The number of hydrogen-bond donors (Lipinski definition) is 3. The number of rotatable bonds is 7. The lowest BCUT2D eigenvalue weighted by Crippen LogP contribution is -2.32. The van der Waals surface area contributed by atoms with Gasteiger partial charge in [0.2, 0.25) is 0 Å². The van der Waals surface area contributed by atoms with Gasteiger partial charge in [-0.15, -0.1) is 0 Å². The summed E-state index contributed by atoms with van der Waals surface area (Å²) in [5.41, 5.74) is -0.254. The first-order chi connectivity index (χ1) is 10.1. The molecule has 0 bridgehead atoms. The maximum absolute atomic E-state index is 13.1. The van der Waals surface area contributed by atoms with Crippen molar-refractivity contribution in [1.29, 1.82) is 0 Å². The second kappa shape index (κ2) is 7.03. The number of benzene rings is 1. The first kappa shape index (κ1) is 15.2.